The van der Waals surface area contributed by atoms with Gasteiger partial charge in [-0.1, -0.05) is 38.4 Å². The highest BCUT2D eigenvalue weighted by Gasteiger charge is 2.17. The Balaban J connectivity index is 1.87. The maximum Gasteiger partial charge on any atom is 0.233 e. The third kappa shape index (κ3) is 2.71. The molecule has 0 aliphatic heterocycles. The van der Waals surface area contributed by atoms with Gasteiger partial charge in [-0.3, -0.25) is 0 Å². The highest BCUT2D eigenvalue weighted by molar-refractivity contribution is 9.10. The fourth-order valence-electron chi connectivity index (χ4n) is 1.90. The number of aryl methyl sites for hydroxylation is 1. The lowest BCUT2D eigenvalue weighted by Crippen LogP contribution is -1.92. The minimum absolute atomic E-state index is 0.265. The van der Waals surface area contributed by atoms with Crippen LogP contribution < -0.4 is 0 Å². The second-order valence-corrected chi connectivity index (χ2v) is 5.29. The van der Waals surface area contributed by atoms with Crippen molar-refractivity contribution in [1.29, 1.82) is 5.26 Å². The van der Waals surface area contributed by atoms with Gasteiger partial charge in [0.25, 0.3) is 0 Å². The van der Waals surface area contributed by atoms with E-state index in [0.29, 0.717) is 28.7 Å². The Hall–Kier alpha value is -2.46. The van der Waals surface area contributed by atoms with Crippen LogP contribution in [0.1, 0.15) is 22.9 Å². The molecule has 0 saturated heterocycles. The van der Waals surface area contributed by atoms with Gasteiger partial charge >= 0.3 is 0 Å². The van der Waals surface area contributed by atoms with E-state index in [1.165, 1.54) is 0 Å². The summed E-state index contributed by atoms with van der Waals surface area (Å²) in [5, 5.41) is 16.8. The molecule has 0 saturated carbocycles. The molecule has 3 rings (SSSR count). The molecule has 0 fully saturated rings. The molecule has 0 spiro atoms. The average molecular weight is 345 g/mol. The molecular weight excluding hydrogens is 336 g/mol. The molecule has 0 aliphatic carbocycles. The molecule has 0 amide bonds. The maximum atomic E-state index is 9.06. The normalized spacial score (nSPS) is 10.5. The monoisotopic (exact) mass is 344 g/mol. The van der Waals surface area contributed by atoms with Gasteiger partial charge in [-0.25, -0.2) is 0 Å². The van der Waals surface area contributed by atoms with E-state index < -0.39 is 0 Å². The second-order valence-electron chi connectivity index (χ2n) is 4.37. The zero-order chi connectivity index (χ0) is 14.8. The molecule has 21 heavy (non-hydrogen) atoms. The van der Waals surface area contributed by atoms with Gasteiger partial charge in [0, 0.05) is 10.0 Å². The fourth-order valence-corrected chi connectivity index (χ4v) is 2.30. The lowest BCUT2D eigenvalue weighted by Gasteiger charge is -1.94. The van der Waals surface area contributed by atoms with Crippen LogP contribution in [-0.4, -0.2) is 15.3 Å². The molecule has 0 atom stereocenters. The summed E-state index contributed by atoms with van der Waals surface area (Å²) in [6.07, 6.45) is 0.265. The van der Waals surface area contributed by atoms with Crippen LogP contribution in [-0.2, 0) is 6.42 Å². The predicted octanol–water partition coefficient (Wildman–Crippen LogP) is 3.26. The van der Waals surface area contributed by atoms with Crippen LogP contribution in [0.2, 0.25) is 0 Å². The van der Waals surface area contributed by atoms with E-state index in [0.717, 1.165) is 10.0 Å². The molecule has 2 heterocycles. The van der Waals surface area contributed by atoms with E-state index in [1.807, 2.05) is 24.3 Å². The quantitative estimate of drug-likeness (QED) is 0.724. The van der Waals surface area contributed by atoms with Crippen LogP contribution in [0.3, 0.4) is 0 Å². The summed E-state index contributed by atoms with van der Waals surface area (Å²) in [6.45, 7) is 1.69. The third-order valence-corrected chi connectivity index (χ3v) is 3.41. The number of nitrogens with zero attached hydrogens (tertiary/aromatic N) is 4. The van der Waals surface area contributed by atoms with Crippen molar-refractivity contribution in [3.8, 4) is 17.5 Å². The van der Waals surface area contributed by atoms with Crippen molar-refractivity contribution in [2.45, 2.75) is 13.3 Å². The van der Waals surface area contributed by atoms with Crippen LogP contribution in [0.15, 0.2) is 37.8 Å². The Morgan fingerprint density at radius 1 is 1.29 bits per heavy atom. The van der Waals surface area contributed by atoms with E-state index in [4.69, 9.17) is 14.3 Å². The second kappa shape index (κ2) is 5.50. The number of hydrogen-bond acceptors (Lipinski definition) is 6. The predicted molar refractivity (Wildman–Crippen MR) is 76.2 cm³/mol. The van der Waals surface area contributed by atoms with Crippen LogP contribution in [0.5, 0.6) is 0 Å². The molecule has 0 bridgehead atoms. The van der Waals surface area contributed by atoms with Crippen LogP contribution in [0.25, 0.3) is 11.4 Å². The van der Waals surface area contributed by atoms with Gasteiger partial charge in [-0.05, 0) is 19.1 Å². The number of aromatic nitrogens is 3. The van der Waals surface area contributed by atoms with Crippen molar-refractivity contribution in [3.63, 3.8) is 0 Å². The Bertz CT molecular complexity index is 832. The molecule has 0 aliphatic rings. The Morgan fingerprint density at radius 3 is 2.90 bits per heavy atom. The molecular formula is C14H9BrN4O2. The Kier molecular flexibility index (Phi) is 3.54. The van der Waals surface area contributed by atoms with Gasteiger partial charge in [0.2, 0.25) is 11.7 Å². The Labute approximate surface area is 128 Å². The molecule has 0 unspecified atom stereocenters. The summed E-state index contributed by atoms with van der Waals surface area (Å²) in [7, 11) is 0. The first-order chi connectivity index (χ1) is 10.2. The topological polar surface area (TPSA) is 88.7 Å². The van der Waals surface area contributed by atoms with Gasteiger partial charge in [-0.2, -0.15) is 10.2 Å². The molecule has 0 radical (unpaired) electrons. The third-order valence-electron chi connectivity index (χ3n) is 2.91. The van der Waals surface area contributed by atoms with E-state index in [2.05, 4.69) is 37.3 Å². The first-order valence-electron chi connectivity index (χ1n) is 6.11. The van der Waals surface area contributed by atoms with Crippen molar-refractivity contribution < 1.29 is 9.05 Å². The zero-order valence-electron chi connectivity index (χ0n) is 11.0. The van der Waals surface area contributed by atoms with Gasteiger partial charge in [0.15, 0.2) is 5.76 Å². The standard InChI is InChI=1S/C14H9BrN4O2/c1-8-11(7-16)12(18-20-8)6-13-17-14(19-21-13)9-3-2-4-10(15)5-9/h2-5H,6H2,1H3. The molecule has 7 heteroatoms. The van der Waals surface area contributed by atoms with Gasteiger partial charge in [0.1, 0.15) is 17.3 Å². The van der Waals surface area contributed by atoms with Crippen molar-refractivity contribution in [3.05, 3.63) is 51.6 Å². The van der Waals surface area contributed by atoms with E-state index in [-0.39, 0.29) is 6.42 Å². The van der Waals surface area contributed by atoms with E-state index in [9.17, 15) is 0 Å². The summed E-state index contributed by atoms with van der Waals surface area (Å²) in [5.41, 5.74) is 1.76. The summed E-state index contributed by atoms with van der Waals surface area (Å²) < 4.78 is 11.1. The largest absolute Gasteiger partial charge is 0.360 e. The average Bonchev–Trinajstić information content (AvgIpc) is 3.07. The summed E-state index contributed by atoms with van der Waals surface area (Å²) >= 11 is 3.40. The van der Waals surface area contributed by atoms with Crippen LogP contribution in [0.4, 0.5) is 0 Å². The molecule has 1 aromatic carbocycles. The number of rotatable bonds is 3. The van der Waals surface area contributed by atoms with Gasteiger partial charge in [0.05, 0.1) is 6.42 Å². The summed E-state index contributed by atoms with van der Waals surface area (Å²) in [5.74, 6) is 1.36. The SMILES string of the molecule is Cc1onc(Cc2nc(-c3cccc(Br)c3)no2)c1C#N. The fraction of sp³-hybridized carbons (Fsp3) is 0.143. The summed E-state index contributed by atoms with van der Waals surface area (Å²) in [6, 6.07) is 9.66. The molecule has 2 aromatic heterocycles. The number of nitriles is 1. The van der Waals surface area contributed by atoms with Crippen molar-refractivity contribution >= 4 is 15.9 Å². The van der Waals surface area contributed by atoms with Crippen LogP contribution >= 0.6 is 15.9 Å². The maximum absolute atomic E-state index is 9.06. The molecule has 6 nitrogen and oxygen atoms in total. The smallest absolute Gasteiger partial charge is 0.233 e. The van der Waals surface area contributed by atoms with Gasteiger partial charge in [-0.15, -0.1) is 0 Å². The van der Waals surface area contributed by atoms with Crippen molar-refractivity contribution in [2.24, 2.45) is 0 Å². The Morgan fingerprint density at radius 2 is 2.14 bits per heavy atom. The van der Waals surface area contributed by atoms with Gasteiger partial charge < -0.3 is 9.05 Å². The van der Waals surface area contributed by atoms with E-state index in [1.54, 1.807) is 6.92 Å². The minimum Gasteiger partial charge on any atom is -0.360 e. The molecule has 3 aromatic rings. The van der Waals surface area contributed by atoms with Crippen molar-refractivity contribution in [2.75, 3.05) is 0 Å². The van der Waals surface area contributed by atoms with E-state index >= 15 is 0 Å². The van der Waals surface area contributed by atoms with Crippen molar-refractivity contribution in [1.82, 2.24) is 15.3 Å². The highest BCUT2D eigenvalue weighted by atomic mass is 79.9. The minimum atomic E-state index is 0.265. The zero-order valence-corrected chi connectivity index (χ0v) is 12.6. The number of benzene rings is 1. The lowest BCUT2D eigenvalue weighted by molar-refractivity contribution is 0.371. The number of hydrogen-bond donors (Lipinski definition) is 0. The molecule has 0 N–H and O–H groups in total. The number of halogens is 1. The lowest BCUT2D eigenvalue weighted by atomic mass is 10.1. The van der Waals surface area contributed by atoms with Crippen LogP contribution in [0, 0.1) is 18.3 Å². The first-order valence-corrected chi connectivity index (χ1v) is 6.90. The molecule has 104 valence electrons. The summed E-state index contributed by atoms with van der Waals surface area (Å²) in [4.78, 5) is 4.31. The first kappa shape index (κ1) is 13.5. The highest BCUT2D eigenvalue weighted by Crippen LogP contribution is 2.21.